The van der Waals surface area contributed by atoms with Gasteiger partial charge in [-0.2, -0.15) is 18.0 Å². The van der Waals surface area contributed by atoms with Gasteiger partial charge in [-0.15, -0.1) is 5.43 Å². The average molecular weight is 361 g/mol. The number of hydrogen-bond acceptors (Lipinski definition) is 3. The van der Waals surface area contributed by atoms with Gasteiger partial charge in [-0.1, -0.05) is 11.5 Å². The molecule has 0 fully saturated rings. The molecule has 1 aliphatic rings. The van der Waals surface area contributed by atoms with E-state index in [4.69, 9.17) is 4.74 Å². The van der Waals surface area contributed by atoms with Crippen LogP contribution in [0.5, 0.6) is 0 Å². The van der Waals surface area contributed by atoms with Crippen LogP contribution in [-0.4, -0.2) is 29.9 Å². The molecule has 0 spiro atoms. The quantitative estimate of drug-likeness (QED) is 0.779. The molecule has 2 unspecified atom stereocenters. The van der Waals surface area contributed by atoms with Crippen LogP contribution in [0.1, 0.15) is 37.8 Å². The normalized spacial score (nSPS) is 22.8. The molecule has 2 rings (SSSR count). The molecule has 2 amide bonds. The van der Waals surface area contributed by atoms with Crippen molar-refractivity contribution >= 4 is 17.9 Å². The zero-order valence-corrected chi connectivity index (χ0v) is 13.9. The van der Waals surface area contributed by atoms with E-state index in [2.05, 4.69) is 5.43 Å². The van der Waals surface area contributed by atoms with Gasteiger partial charge in [0.15, 0.2) is 5.69 Å². The van der Waals surface area contributed by atoms with Crippen molar-refractivity contribution in [3.8, 4) is 0 Å². The Labute approximate surface area is 142 Å². The van der Waals surface area contributed by atoms with Gasteiger partial charge in [0, 0.05) is 18.1 Å². The predicted molar refractivity (Wildman–Crippen MR) is 83.8 cm³/mol. The smallest absolute Gasteiger partial charge is 0.462 e. The Hall–Kier alpha value is -2.29. The van der Waals surface area contributed by atoms with Crippen LogP contribution in [0.25, 0.3) is 0 Å². The maximum absolute atomic E-state index is 13.0. The lowest BCUT2D eigenvalue weighted by atomic mass is 9.92. The van der Waals surface area contributed by atoms with Crippen LogP contribution in [0.2, 0.25) is 0 Å². The zero-order chi connectivity index (χ0) is 18.8. The number of nitrogens with one attached hydrogen (secondary N) is 1. The Morgan fingerprint density at radius 2 is 2.04 bits per heavy atom. The van der Waals surface area contributed by atoms with Crippen molar-refractivity contribution in [3.05, 3.63) is 29.3 Å². The lowest BCUT2D eigenvalue weighted by Crippen LogP contribution is -2.71. The summed E-state index contributed by atoms with van der Waals surface area (Å²) in [6, 6.07) is 2.51. The second-order valence-electron chi connectivity index (χ2n) is 5.78. The molecule has 0 radical (unpaired) electrons. The number of quaternary nitrogens is 1. The molecule has 2 atom stereocenters. The van der Waals surface area contributed by atoms with Crippen LogP contribution < -0.4 is 10.0 Å². The Bertz CT molecular complexity index is 678. The summed E-state index contributed by atoms with van der Waals surface area (Å²) >= 11 is 0. The Morgan fingerprint density at radius 3 is 2.56 bits per heavy atom. The van der Waals surface area contributed by atoms with Gasteiger partial charge in [0.2, 0.25) is 0 Å². The number of carbonyl (C=O) groups is 2. The van der Waals surface area contributed by atoms with Crippen LogP contribution in [0.3, 0.4) is 0 Å². The molecule has 25 heavy (non-hydrogen) atoms. The van der Waals surface area contributed by atoms with E-state index in [9.17, 15) is 27.9 Å². The van der Waals surface area contributed by atoms with Crippen LogP contribution >= 0.6 is 0 Å². The van der Waals surface area contributed by atoms with Crippen LogP contribution in [-0.2, 0) is 17.3 Å². The van der Waals surface area contributed by atoms with Gasteiger partial charge in [-0.25, -0.2) is 4.79 Å². The van der Waals surface area contributed by atoms with E-state index < -0.39 is 34.6 Å². The molecule has 0 aromatic heterocycles. The van der Waals surface area contributed by atoms with Gasteiger partial charge in [-0.3, -0.25) is 0 Å². The summed E-state index contributed by atoms with van der Waals surface area (Å²) < 4.78 is 43.1. The highest BCUT2D eigenvalue weighted by Gasteiger charge is 2.54. The van der Waals surface area contributed by atoms with Crippen molar-refractivity contribution in [2.45, 2.75) is 45.3 Å². The first kappa shape index (κ1) is 19.0. The number of benzene rings is 1. The number of ether oxygens (including phenoxy) is 1. The van der Waals surface area contributed by atoms with E-state index in [1.165, 1.54) is 0 Å². The molecule has 1 heterocycles. The summed E-state index contributed by atoms with van der Waals surface area (Å²) in [7, 11) is 0. The fourth-order valence-corrected chi connectivity index (χ4v) is 3.32. The summed E-state index contributed by atoms with van der Waals surface area (Å²) in [5, 5.41) is 9.26. The zero-order valence-electron chi connectivity index (χ0n) is 13.9. The molecule has 1 aromatic rings. The van der Waals surface area contributed by atoms with Gasteiger partial charge in [0.1, 0.15) is 6.04 Å². The fourth-order valence-electron chi connectivity index (χ4n) is 3.32. The number of carboxylic acid groups (broad SMARTS) is 1. The maximum atomic E-state index is 13.0. The highest BCUT2D eigenvalue weighted by molar-refractivity contribution is 5.87. The molecular formula is C16H20F3N2O4+. The molecule has 1 aliphatic heterocycles. The van der Waals surface area contributed by atoms with Crippen molar-refractivity contribution in [1.82, 2.24) is 10.0 Å². The van der Waals surface area contributed by atoms with E-state index in [1.807, 2.05) is 0 Å². The topological polar surface area (TPSA) is 75.6 Å². The molecule has 0 saturated carbocycles. The largest absolute Gasteiger partial charge is 0.547 e. The minimum absolute atomic E-state index is 0.0204. The third-order valence-corrected chi connectivity index (χ3v) is 4.38. The minimum Gasteiger partial charge on any atom is -0.462 e. The Balaban J connectivity index is 2.67. The Morgan fingerprint density at radius 1 is 1.36 bits per heavy atom. The molecule has 1 aromatic carbocycles. The van der Waals surface area contributed by atoms with Crippen LogP contribution in [0.4, 0.5) is 28.4 Å². The predicted octanol–water partition coefficient (Wildman–Crippen LogP) is 4.08. The molecular weight excluding hydrogens is 341 g/mol. The lowest BCUT2D eigenvalue weighted by Gasteiger charge is -2.41. The maximum Gasteiger partial charge on any atom is 0.547 e. The fraction of sp³-hybridized carbons (Fsp3) is 0.500. The molecule has 138 valence electrons. The summed E-state index contributed by atoms with van der Waals surface area (Å²) in [5.74, 6) is 0. The monoisotopic (exact) mass is 361 g/mol. The average Bonchev–Trinajstić information content (AvgIpc) is 2.53. The van der Waals surface area contributed by atoms with E-state index in [0.717, 1.165) is 18.2 Å². The highest BCUT2D eigenvalue weighted by atomic mass is 19.4. The lowest BCUT2D eigenvalue weighted by molar-refractivity contribution is -0.137. The summed E-state index contributed by atoms with van der Waals surface area (Å²) in [6.07, 6.45) is -5.71. The summed E-state index contributed by atoms with van der Waals surface area (Å²) in [5.41, 5.74) is 1.81. The van der Waals surface area contributed by atoms with Crippen molar-refractivity contribution in [3.63, 3.8) is 0 Å². The first-order valence-corrected chi connectivity index (χ1v) is 7.94. The highest BCUT2D eigenvalue weighted by Crippen LogP contribution is 2.41. The number of halogens is 3. The second kappa shape index (κ2) is 6.91. The number of carbonyl (C=O) groups excluding carboxylic acids is 1. The van der Waals surface area contributed by atoms with Crippen molar-refractivity contribution < 1.29 is 32.6 Å². The third kappa shape index (κ3) is 3.41. The van der Waals surface area contributed by atoms with Crippen molar-refractivity contribution in [2.75, 3.05) is 6.61 Å². The molecule has 0 saturated heterocycles. The Kier molecular flexibility index (Phi) is 5.26. The molecule has 9 heteroatoms. The molecule has 2 N–H and O–H groups in total. The van der Waals surface area contributed by atoms with Crippen molar-refractivity contribution in [1.29, 1.82) is 0 Å². The van der Waals surface area contributed by atoms with Gasteiger partial charge >= 0.3 is 18.4 Å². The minimum atomic E-state index is -4.52. The number of alkyl halides is 3. The van der Waals surface area contributed by atoms with Gasteiger partial charge in [0.25, 0.3) is 0 Å². The van der Waals surface area contributed by atoms with Crippen LogP contribution in [0.15, 0.2) is 18.2 Å². The van der Waals surface area contributed by atoms with E-state index >= 15 is 0 Å². The summed E-state index contributed by atoms with van der Waals surface area (Å²) in [4.78, 5) is 24.0. The number of nitrogens with zero attached hydrogens (tertiary/aromatic N) is 1. The molecule has 0 aliphatic carbocycles. The van der Waals surface area contributed by atoms with Crippen LogP contribution in [0, 0.1) is 0 Å². The van der Waals surface area contributed by atoms with Gasteiger partial charge < -0.3 is 9.84 Å². The number of aryl methyl sites for hydroxylation is 1. The number of rotatable bonds is 2. The van der Waals surface area contributed by atoms with Crippen molar-refractivity contribution in [2.24, 2.45) is 0 Å². The first-order valence-electron chi connectivity index (χ1n) is 7.94. The second-order valence-corrected chi connectivity index (χ2v) is 5.78. The molecule has 0 bridgehead atoms. The SMILES string of the molecule is CCOC(=O)[N+]1(NC(=O)O)c2ccc(C(F)(F)F)cc2CCC1CC. The standard InChI is InChI=1S/C16H19F3N2O4/c1-3-12-7-5-10-9-11(16(17,18)19)6-8-13(10)21(12,20-14(22)23)15(24)25-4-2/h6,8-9,12,20H,3-5,7H2,1-2H3/p+1. The molecule has 6 nitrogen and oxygen atoms in total. The third-order valence-electron chi connectivity index (χ3n) is 4.38. The number of amides is 2. The first-order chi connectivity index (χ1) is 11.7. The van der Waals surface area contributed by atoms with E-state index in [1.54, 1.807) is 13.8 Å². The van der Waals surface area contributed by atoms with E-state index in [-0.39, 0.29) is 17.9 Å². The number of hydrogen-bond donors (Lipinski definition) is 2. The van der Waals surface area contributed by atoms with E-state index in [0.29, 0.717) is 19.3 Å². The van der Waals surface area contributed by atoms with Gasteiger partial charge in [-0.05, 0) is 31.9 Å². The van der Waals surface area contributed by atoms with Gasteiger partial charge in [0.05, 0.1) is 12.2 Å². The number of fused-ring (bicyclic) bond motifs is 1. The summed E-state index contributed by atoms with van der Waals surface area (Å²) in [6.45, 7) is 3.38.